The van der Waals surface area contributed by atoms with E-state index in [1.54, 1.807) is 0 Å². The summed E-state index contributed by atoms with van der Waals surface area (Å²) in [5.74, 6) is 0. The maximum Gasteiger partial charge on any atom is 0.0642 e. The Kier molecular flexibility index (Phi) is 6.80. The molecule has 0 fully saturated rings. The van der Waals surface area contributed by atoms with Crippen LogP contribution in [0.3, 0.4) is 0 Å². The van der Waals surface area contributed by atoms with Crippen molar-refractivity contribution in [3.63, 3.8) is 0 Å². The van der Waals surface area contributed by atoms with Crippen LogP contribution in [-0.4, -0.2) is 44.2 Å². The quantitative estimate of drug-likeness (QED) is 0.840. The van der Waals surface area contributed by atoms with Crippen molar-refractivity contribution in [2.75, 3.05) is 32.1 Å². The summed E-state index contributed by atoms with van der Waals surface area (Å²) in [5, 5.41) is 0.815. The highest BCUT2D eigenvalue weighted by atomic mass is 35.5. The van der Waals surface area contributed by atoms with Crippen molar-refractivity contribution in [1.29, 1.82) is 0 Å². The van der Waals surface area contributed by atoms with E-state index in [9.17, 15) is 0 Å². The van der Waals surface area contributed by atoms with Crippen LogP contribution in [0.5, 0.6) is 0 Å². The SMILES string of the molecule is CCN(c1c(Cl)cccc1CC(C)N)C(C)CN(C)C. The highest BCUT2D eigenvalue weighted by molar-refractivity contribution is 6.33. The van der Waals surface area contributed by atoms with Crippen molar-refractivity contribution in [3.05, 3.63) is 28.8 Å². The van der Waals surface area contributed by atoms with Crippen molar-refractivity contribution >= 4 is 17.3 Å². The molecule has 2 unspecified atom stereocenters. The molecule has 3 nitrogen and oxygen atoms in total. The molecule has 0 heterocycles. The average molecular weight is 298 g/mol. The van der Waals surface area contributed by atoms with Gasteiger partial charge in [0, 0.05) is 25.2 Å². The van der Waals surface area contributed by atoms with Crippen LogP contribution >= 0.6 is 11.6 Å². The minimum atomic E-state index is 0.134. The molecule has 2 atom stereocenters. The van der Waals surface area contributed by atoms with Crippen LogP contribution in [0.4, 0.5) is 5.69 Å². The van der Waals surface area contributed by atoms with Gasteiger partial charge in [-0.05, 0) is 52.9 Å². The minimum absolute atomic E-state index is 0.134. The zero-order valence-electron chi connectivity index (χ0n) is 13.4. The fraction of sp³-hybridized carbons (Fsp3) is 0.625. The summed E-state index contributed by atoms with van der Waals surface area (Å²) in [6.45, 7) is 8.37. The van der Waals surface area contributed by atoms with Crippen molar-refractivity contribution in [2.45, 2.75) is 39.3 Å². The second-order valence-corrected chi connectivity index (χ2v) is 6.23. The van der Waals surface area contributed by atoms with Crippen LogP contribution in [0, 0.1) is 0 Å². The number of hydrogen-bond donors (Lipinski definition) is 1. The van der Waals surface area contributed by atoms with E-state index in [0.29, 0.717) is 6.04 Å². The van der Waals surface area contributed by atoms with Gasteiger partial charge in [-0.25, -0.2) is 0 Å². The number of benzene rings is 1. The summed E-state index contributed by atoms with van der Waals surface area (Å²) in [5.41, 5.74) is 8.35. The fourth-order valence-corrected chi connectivity index (χ4v) is 3.01. The van der Waals surface area contributed by atoms with Crippen LogP contribution in [0.15, 0.2) is 18.2 Å². The van der Waals surface area contributed by atoms with Gasteiger partial charge in [-0.3, -0.25) is 0 Å². The van der Waals surface area contributed by atoms with E-state index in [-0.39, 0.29) is 6.04 Å². The van der Waals surface area contributed by atoms with Crippen molar-refractivity contribution in [3.8, 4) is 0 Å². The summed E-state index contributed by atoms with van der Waals surface area (Å²) in [6.07, 6.45) is 0.848. The molecule has 0 aliphatic rings. The molecule has 0 saturated heterocycles. The van der Waals surface area contributed by atoms with Gasteiger partial charge in [0.05, 0.1) is 10.7 Å². The first-order chi connectivity index (χ1) is 9.36. The van der Waals surface area contributed by atoms with Gasteiger partial charge in [-0.1, -0.05) is 23.7 Å². The zero-order chi connectivity index (χ0) is 15.3. The number of nitrogens with zero attached hydrogens (tertiary/aromatic N) is 2. The molecule has 0 spiro atoms. The molecule has 114 valence electrons. The Morgan fingerprint density at radius 3 is 2.40 bits per heavy atom. The molecular formula is C16H28ClN3. The van der Waals surface area contributed by atoms with Crippen LogP contribution < -0.4 is 10.6 Å². The molecule has 0 aromatic heterocycles. The third-order valence-corrected chi connectivity index (χ3v) is 3.71. The zero-order valence-corrected chi connectivity index (χ0v) is 14.1. The lowest BCUT2D eigenvalue weighted by molar-refractivity contribution is 0.372. The summed E-state index contributed by atoms with van der Waals surface area (Å²) >= 11 is 6.47. The second kappa shape index (κ2) is 7.87. The van der Waals surface area contributed by atoms with E-state index < -0.39 is 0 Å². The molecule has 0 radical (unpaired) electrons. The lowest BCUT2D eigenvalue weighted by Gasteiger charge is -2.34. The summed E-state index contributed by atoms with van der Waals surface area (Å²) in [6, 6.07) is 6.65. The van der Waals surface area contributed by atoms with Crippen molar-refractivity contribution < 1.29 is 0 Å². The molecular weight excluding hydrogens is 270 g/mol. The van der Waals surface area contributed by atoms with Gasteiger partial charge in [-0.2, -0.15) is 0 Å². The van der Waals surface area contributed by atoms with Gasteiger partial charge in [0.2, 0.25) is 0 Å². The Balaban J connectivity index is 3.12. The van der Waals surface area contributed by atoms with E-state index in [1.165, 1.54) is 5.56 Å². The molecule has 2 N–H and O–H groups in total. The van der Waals surface area contributed by atoms with Crippen LogP contribution in [0.25, 0.3) is 0 Å². The predicted molar refractivity (Wildman–Crippen MR) is 89.8 cm³/mol. The largest absolute Gasteiger partial charge is 0.366 e. The molecule has 0 aliphatic carbocycles. The van der Waals surface area contributed by atoms with Crippen molar-refractivity contribution in [2.24, 2.45) is 5.73 Å². The second-order valence-electron chi connectivity index (χ2n) is 5.83. The predicted octanol–water partition coefficient (Wildman–Crippen LogP) is 3.01. The summed E-state index contributed by atoms with van der Waals surface area (Å²) < 4.78 is 0. The first-order valence-corrected chi connectivity index (χ1v) is 7.68. The maximum absolute atomic E-state index is 6.47. The molecule has 0 aliphatic heterocycles. The summed E-state index contributed by atoms with van der Waals surface area (Å²) in [7, 11) is 4.19. The van der Waals surface area contributed by atoms with Gasteiger partial charge in [-0.15, -0.1) is 0 Å². The average Bonchev–Trinajstić information content (AvgIpc) is 2.31. The molecule has 0 amide bonds. The number of hydrogen-bond acceptors (Lipinski definition) is 3. The molecule has 1 rings (SSSR count). The van der Waals surface area contributed by atoms with E-state index in [0.717, 1.165) is 30.2 Å². The maximum atomic E-state index is 6.47. The lowest BCUT2D eigenvalue weighted by Crippen LogP contribution is -2.41. The number of para-hydroxylation sites is 1. The smallest absolute Gasteiger partial charge is 0.0642 e. The number of rotatable bonds is 7. The third kappa shape index (κ3) is 4.65. The fourth-order valence-electron chi connectivity index (χ4n) is 2.71. The van der Waals surface area contributed by atoms with Gasteiger partial charge < -0.3 is 15.5 Å². The number of anilines is 1. The summed E-state index contributed by atoms with van der Waals surface area (Å²) in [4.78, 5) is 4.58. The van der Waals surface area contributed by atoms with Gasteiger partial charge >= 0.3 is 0 Å². The Bertz CT molecular complexity index is 418. The number of nitrogens with two attached hydrogens (primary N) is 1. The van der Waals surface area contributed by atoms with E-state index in [1.807, 2.05) is 19.1 Å². The Labute approximate surface area is 128 Å². The molecule has 0 saturated carbocycles. The third-order valence-electron chi connectivity index (χ3n) is 3.40. The normalized spacial score (nSPS) is 14.4. The van der Waals surface area contributed by atoms with Crippen LogP contribution in [0.1, 0.15) is 26.3 Å². The molecule has 0 bridgehead atoms. The Morgan fingerprint density at radius 2 is 1.90 bits per heavy atom. The van der Waals surface area contributed by atoms with Gasteiger partial charge in [0.15, 0.2) is 0 Å². The molecule has 1 aromatic rings. The minimum Gasteiger partial charge on any atom is -0.366 e. The van der Waals surface area contributed by atoms with E-state index in [2.05, 4.69) is 43.8 Å². The Morgan fingerprint density at radius 1 is 1.25 bits per heavy atom. The molecule has 20 heavy (non-hydrogen) atoms. The van der Waals surface area contributed by atoms with Gasteiger partial charge in [0.25, 0.3) is 0 Å². The van der Waals surface area contributed by atoms with Crippen molar-refractivity contribution in [1.82, 2.24) is 4.90 Å². The molecule has 4 heteroatoms. The monoisotopic (exact) mass is 297 g/mol. The highest BCUT2D eigenvalue weighted by Crippen LogP contribution is 2.32. The standard InChI is InChI=1S/C16H28ClN3/c1-6-20(13(3)11-19(4)5)16-14(10-12(2)18)8-7-9-15(16)17/h7-9,12-13H,6,10-11,18H2,1-5H3. The Hall–Kier alpha value is -0.770. The van der Waals surface area contributed by atoms with E-state index >= 15 is 0 Å². The van der Waals surface area contributed by atoms with E-state index in [4.69, 9.17) is 17.3 Å². The van der Waals surface area contributed by atoms with Gasteiger partial charge in [0.1, 0.15) is 0 Å². The first kappa shape index (κ1) is 17.3. The first-order valence-electron chi connectivity index (χ1n) is 7.31. The number of likely N-dealkylation sites (N-methyl/N-ethyl adjacent to an activating group) is 2. The number of halogens is 1. The lowest BCUT2D eigenvalue weighted by atomic mass is 10.0. The highest BCUT2D eigenvalue weighted by Gasteiger charge is 2.19. The topological polar surface area (TPSA) is 32.5 Å². The molecule has 1 aromatic carbocycles. The van der Waals surface area contributed by atoms with Crippen LogP contribution in [0.2, 0.25) is 5.02 Å². The van der Waals surface area contributed by atoms with Crippen LogP contribution in [-0.2, 0) is 6.42 Å².